The molecule has 0 aliphatic heterocycles. The molecule has 32 heavy (non-hydrogen) atoms. The van der Waals surface area contributed by atoms with Crippen LogP contribution in [0.3, 0.4) is 0 Å². The van der Waals surface area contributed by atoms with E-state index in [0.29, 0.717) is 22.4 Å². The van der Waals surface area contributed by atoms with Gasteiger partial charge in [0.15, 0.2) is 0 Å². The first-order chi connectivity index (χ1) is 15.3. The number of nitrogens with zero attached hydrogens (tertiary/aromatic N) is 6. The van der Waals surface area contributed by atoms with Gasteiger partial charge >= 0.3 is 0 Å². The average Bonchev–Trinajstić information content (AvgIpc) is 2.76. The molecular formula is C20H17BrFN9O. The van der Waals surface area contributed by atoms with Crippen LogP contribution in [0.25, 0.3) is 16.6 Å². The minimum absolute atomic E-state index is 0.0116. The Labute approximate surface area is 189 Å². The first-order valence-electron chi connectivity index (χ1n) is 9.17. The van der Waals surface area contributed by atoms with Crippen LogP contribution in [0.4, 0.5) is 22.0 Å². The molecule has 1 aromatic carbocycles. The lowest BCUT2D eigenvalue weighted by Gasteiger charge is -2.13. The Hall–Kier alpha value is -4.11. The summed E-state index contributed by atoms with van der Waals surface area (Å²) in [7, 11) is 0. The molecule has 0 unspecified atom stereocenters. The molecule has 6 N–H and O–H groups in total. The van der Waals surface area contributed by atoms with Gasteiger partial charge in [-0.3, -0.25) is 14.3 Å². The Morgan fingerprint density at radius 1 is 1.16 bits per heavy atom. The quantitative estimate of drug-likeness (QED) is 0.374. The third-order valence-corrected chi connectivity index (χ3v) is 4.97. The van der Waals surface area contributed by atoms with Gasteiger partial charge in [0.05, 0.1) is 17.3 Å². The zero-order chi connectivity index (χ0) is 23.4. The topological polar surface area (TPSA) is 175 Å². The molecule has 10 nitrogen and oxygen atoms in total. The van der Waals surface area contributed by atoms with E-state index in [1.807, 2.05) is 6.92 Å². The molecule has 0 atom stereocenters. The maximum absolute atomic E-state index is 14.0. The first-order valence-corrected chi connectivity index (χ1v) is 9.96. The number of hydrogen-bond acceptors (Lipinski definition) is 9. The molecule has 0 bridgehead atoms. The van der Waals surface area contributed by atoms with Gasteiger partial charge in [-0.1, -0.05) is 6.92 Å². The number of aryl methyl sites for hydroxylation is 1. The fraction of sp³-hybridized carbons (Fsp3) is 0.100. The summed E-state index contributed by atoms with van der Waals surface area (Å²) in [5.74, 6) is -0.00941. The number of halogens is 2. The van der Waals surface area contributed by atoms with Crippen molar-refractivity contribution in [3.63, 3.8) is 0 Å². The van der Waals surface area contributed by atoms with Gasteiger partial charge in [0.2, 0.25) is 5.95 Å². The highest BCUT2D eigenvalue weighted by Crippen LogP contribution is 2.23. The van der Waals surface area contributed by atoms with E-state index < -0.39 is 5.82 Å². The first kappa shape index (κ1) is 22.6. The van der Waals surface area contributed by atoms with Crippen molar-refractivity contribution in [3.05, 3.63) is 68.7 Å². The van der Waals surface area contributed by atoms with Crippen molar-refractivity contribution in [1.29, 1.82) is 5.26 Å². The second-order valence-electron chi connectivity index (χ2n) is 6.33. The van der Waals surface area contributed by atoms with Crippen molar-refractivity contribution in [2.75, 3.05) is 17.2 Å². The largest absolute Gasteiger partial charge is 0.382 e. The van der Waals surface area contributed by atoms with Crippen LogP contribution in [0.15, 0.2) is 45.9 Å². The molecule has 0 aliphatic carbocycles. The minimum Gasteiger partial charge on any atom is -0.382 e. The Bertz CT molecular complexity index is 1380. The van der Waals surface area contributed by atoms with Gasteiger partial charge < -0.3 is 17.2 Å². The van der Waals surface area contributed by atoms with E-state index in [-0.39, 0.29) is 39.6 Å². The van der Waals surface area contributed by atoms with Crippen LogP contribution in [0, 0.1) is 17.1 Å². The smallest absolute Gasteiger partial charge is 0.267 e. The van der Waals surface area contributed by atoms with Crippen molar-refractivity contribution >= 4 is 44.4 Å². The second kappa shape index (κ2) is 9.36. The molecule has 0 radical (unpaired) electrons. The van der Waals surface area contributed by atoms with Crippen molar-refractivity contribution < 1.29 is 4.39 Å². The number of nitrogen functional groups attached to an aromatic ring is 3. The molecule has 3 aromatic heterocycles. The predicted octanol–water partition coefficient (Wildman–Crippen LogP) is 2.34. The molecule has 0 fully saturated rings. The lowest BCUT2D eigenvalue weighted by molar-refractivity contribution is 0.634. The fourth-order valence-corrected chi connectivity index (χ4v) is 3.37. The molecular weight excluding hydrogens is 481 g/mol. The van der Waals surface area contributed by atoms with Crippen molar-refractivity contribution in [2.45, 2.75) is 13.3 Å². The summed E-state index contributed by atoms with van der Waals surface area (Å²) in [6.07, 6.45) is 3.72. The van der Waals surface area contributed by atoms with Crippen LogP contribution < -0.4 is 22.8 Å². The standard InChI is InChI=1S/C15H11BrFN3O.C5H6N6/c1-2-12-19-14-11(17)6-5-10(16)13(14)15(21)20(12)9-4-3-7-18-8-9;6-1-2-3(7)10-5(9)11-4(2)8/h3-8H,2H2,1H3;(H6,7,8,9,10,11). The summed E-state index contributed by atoms with van der Waals surface area (Å²) in [6, 6.07) is 8.09. The van der Waals surface area contributed by atoms with Gasteiger partial charge in [-0.2, -0.15) is 15.2 Å². The van der Waals surface area contributed by atoms with Crippen molar-refractivity contribution in [1.82, 2.24) is 24.5 Å². The van der Waals surface area contributed by atoms with E-state index in [1.54, 1.807) is 30.6 Å². The van der Waals surface area contributed by atoms with Gasteiger partial charge in [-0.25, -0.2) is 9.37 Å². The average molecular weight is 498 g/mol. The van der Waals surface area contributed by atoms with Crippen molar-refractivity contribution in [2.24, 2.45) is 0 Å². The van der Waals surface area contributed by atoms with Gasteiger partial charge in [0, 0.05) is 17.1 Å². The van der Waals surface area contributed by atoms with Crippen LogP contribution in [-0.2, 0) is 6.42 Å². The zero-order valence-electron chi connectivity index (χ0n) is 16.8. The summed E-state index contributed by atoms with van der Waals surface area (Å²) in [6.45, 7) is 1.87. The van der Waals surface area contributed by atoms with E-state index in [2.05, 4.69) is 35.9 Å². The van der Waals surface area contributed by atoms with Crippen LogP contribution in [0.1, 0.15) is 18.3 Å². The molecule has 4 rings (SSSR count). The molecule has 0 amide bonds. The van der Waals surface area contributed by atoms with E-state index in [0.717, 1.165) is 0 Å². The number of hydrogen-bond donors (Lipinski definition) is 3. The highest BCUT2D eigenvalue weighted by Gasteiger charge is 2.16. The Morgan fingerprint density at radius 3 is 2.41 bits per heavy atom. The summed E-state index contributed by atoms with van der Waals surface area (Å²) < 4.78 is 15.9. The molecule has 162 valence electrons. The molecule has 0 saturated heterocycles. The Balaban J connectivity index is 0.000000222. The van der Waals surface area contributed by atoms with E-state index in [9.17, 15) is 9.18 Å². The molecule has 12 heteroatoms. The second-order valence-corrected chi connectivity index (χ2v) is 7.18. The summed E-state index contributed by atoms with van der Waals surface area (Å²) in [4.78, 5) is 28.2. The van der Waals surface area contributed by atoms with E-state index in [4.69, 9.17) is 22.5 Å². The number of benzene rings is 1. The maximum Gasteiger partial charge on any atom is 0.267 e. The number of nitrogens with two attached hydrogens (primary N) is 3. The number of rotatable bonds is 2. The number of pyridine rings is 1. The maximum atomic E-state index is 14.0. The SMILES string of the molecule is CCc1nc2c(F)ccc(Br)c2c(=O)n1-c1cccnc1.N#Cc1c(N)nc(N)nc1N. The number of aromatic nitrogens is 5. The molecule has 4 aromatic rings. The highest BCUT2D eigenvalue weighted by molar-refractivity contribution is 9.10. The molecule has 0 saturated carbocycles. The Kier molecular flexibility index (Phi) is 6.60. The van der Waals surface area contributed by atoms with Gasteiger partial charge in [-0.05, 0) is 40.2 Å². The third-order valence-electron chi connectivity index (χ3n) is 4.31. The van der Waals surface area contributed by atoms with Crippen LogP contribution in [0.2, 0.25) is 0 Å². The normalized spacial score (nSPS) is 10.3. The molecule has 3 heterocycles. The van der Waals surface area contributed by atoms with Gasteiger partial charge in [-0.15, -0.1) is 0 Å². The van der Waals surface area contributed by atoms with E-state index in [1.165, 1.54) is 16.7 Å². The predicted molar refractivity (Wildman–Crippen MR) is 122 cm³/mol. The summed E-state index contributed by atoms with van der Waals surface area (Å²) in [5.41, 5.74) is 16.3. The third kappa shape index (κ3) is 4.33. The number of anilines is 3. The van der Waals surface area contributed by atoms with Crippen LogP contribution >= 0.6 is 15.9 Å². The fourth-order valence-electron chi connectivity index (χ4n) is 2.88. The van der Waals surface area contributed by atoms with Crippen LogP contribution in [0.5, 0.6) is 0 Å². The minimum atomic E-state index is -0.502. The number of nitriles is 1. The summed E-state index contributed by atoms with van der Waals surface area (Å²) >= 11 is 3.30. The number of fused-ring (bicyclic) bond motifs is 1. The lowest BCUT2D eigenvalue weighted by atomic mass is 10.2. The lowest BCUT2D eigenvalue weighted by Crippen LogP contribution is -2.24. The highest BCUT2D eigenvalue weighted by atomic mass is 79.9. The van der Waals surface area contributed by atoms with Gasteiger partial charge in [0.25, 0.3) is 5.56 Å². The van der Waals surface area contributed by atoms with Gasteiger partial charge in [0.1, 0.15) is 40.4 Å². The summed E-state index contributed by atoms with van der Waals surface area (Å²) in [5, 5.41) is 8.69. The monoisotopic (exact) mass is 497 g/mol. The Morgan fingerprint density at radius 2 is 1.84 bits per heavy atom. The molecule has 0 spiro atoms. The molecule has 0 aliphatic rings. The van der Waals surface area contributed by atoms with E-state index >= 15 is 0 Å². The zero-order valence-corrected chi connectivity index (χ0v) is 18.3. The van der Waals surface area contributed by atoms with Crippen molar-refractivity contribution in [3.8, 4) is 11.8 Å². The van der Waals surface area contributed by atoms with Crippen LogP contribution in [-0.4, -0.2) is 24.5 Å².